The monoisotopic (exact) mass is 499 g/mol. The summed E-state index contributed by atoms with van der Waals surface area (Å²) in [6.07, 6.45) is 4.41. The van der Waals surface area contributed by atoms with Crippen molar-refractivity contribution in [2.75, 3.05) is 26.2 Å². The van der Waals surface area contributed by atoms with Crippen LogP contribution in [0, 0.1) is 11.8 Å². The van der Waals surface area contributed by atoms with Gasteiger partial charge in [-0.15, -0.1) is 24.0 Å². The Labute approximate surface area is 185 Å². The van der Waals surface area contributed by atoms with E-state index >= 15 is 0 Å². The fourth-order valence-electron chi connectivity index (χ4n) is 4.19. The van der Waals surface area contributed by atoms with E-state index in [1.54, 1.807) is 0 Å². The number of hydrogen-bond donors (Lipinski definition) is 2. The van der Waals surface area contributed by atoms with Crippen molar-refractivity contribution in [1.82, 2.24) is 9.80 Å². The number of carbonyl (C=O) groups is 1. The van der Waals surface area contributed by atoms with E-state index in [1.165, 1.54) is 24.0 Å². The fourth-order valence-corrected chi connectivity index (χ4v) is 4.19. The molecule has 0 aliphatic carbocycles. The van der Waals surface area contributed by atoms with Crippen molar-refractivity contribution in [1.29, 1.82) is 0 Å². The smallest absolute Gasteiger partial charge is 0.221 e. The number of halogens is 1. The maximum Gasteiger partial charge on any atom is 0.221 e. The first kappa shape index (κ1) is 22.9. The van der Waals surface area contributed by atoms with Gasteiger partial charge in [-0.2, -0.15) is 0 Å². The first-order valence-corrected chi connectivity index (χ1v) is 10.2. The number of hydrogen-bond acceptors (Lipinski definition) is 3. The molecule has 1 amide bonds. The van der Waals surface area contributed by atoms with Crippen LogP contribution >= 0.6 is 24.0 Å². The highest BCUT2D eigenvalue weighted by atomic mass is 127. The third kappa shape index (κ3) is 6.62. The summed E-state index contributed by atoms with van der Waals surface area (Å²) in [5, 5.41) is 0. The number of benzene rings is 1. The molecule has 3 rings (SSSR count). The number of nitrogens with zero attached hydrogens (tertiary/aromatic N) is 3. The Morgan fingerprint density at radius 3 is 2.64 bits per heavy atom. The number of carbonyl (C=O) groups excluding carboxylic acids is 1. The summed E-state index contributed by atoms with van der Waals surface area (Å²) < 4.78 is 0. The van der Waals surface area contributed by atoms with Crippen LogP contribution in [0.15, 0.2) is 29.3 Å². The Bertz CT molecular complexity index is 681. The van der Waals surface area contributed by atoms with Gasteiger partial charge in [0.15, 0.2) is 5.96 Å². The molecule has 0 aromatic heterocycles. The van der Waals surface area contributed by atoms with E-state index in [9.17, 15) is 4.79 Å². The van der Waals surface area contributed by atoms with Gasteiger partial charge in [0.1, 0.15) is 0 Å². The minimum Gasteiger partial charge on any atom is -0.370 e. The topological polar surface area (TPSA) is 87.9 Å². The van der Waals surface area contributed by atoms with Crippen molar-refractivity contribution in [2.24, 2.45) is 28.3 Å². The van der Waals surface area contributed by atoms with Gasteiger partial charge in [0.05, 0.1) is 12.5 Å². The molecule has 2 atom stereocenters. The summed E-state index contributed by atoms with van der Waals surface area (Å²) in [5.41, 5.74) is 14.1. The maximum absolute atomic E-state index is 11.5. The highest BCUT2D eigenvalue weighted by Crippen LogP contribution is 2.19. The Hall–Kier alpha value is -1.35. The number of primary amides is 1. The molecule has 28 heavy (non-hydrogen) atoms. The van der Waals surface area contributed by atoms with Gasteiger partial charge in [0.2, 0.25) is 5.91 Å². The van der Waals surface area contributed by atoms with Gasteiger partial charge in [-0.05, 0) is 49.3 Å². The summed E-state index contributed by atoms with van der Waals surface area (Å²) in [7, 11) is 0. The van der Waals surface area contributed by atoms with E-state index in [4.69, 9.17) is 11.5 Å². The van der Waals surface area contributed by atoms with Crippen molar-refractivity contribution >= 4 is 35.8 Å². The maximum atomic E-state index is 11.5. The first-order valence-electron chi connectivity index (χ1n) is 10.2. The average Bonchev–Trinajstić information content (AvgIpc) is 2.66. The lowest BCUT2D eigenvalue weighted by atomic mass is 9.97. The van der Waals surface area contributed by atoms with Gasteiger partial charge in [-0.25, -0.2) is 4.99 Å². The Balaban J connectivity index is 0.00000280. The molecule has 7 heteroatoms. The van der Waals surface area contributed by atoms with E-state index < -0.39 is 0 Å². The second-order valence-corrected chi connectivity index (χ2v) is 8.16. The van der Waals surface area contributed by atoms with Crippen LogP contribution in [0.5, 0.6) is 0 Å². The number of likely N-dealkylation sites (tertiary alicyclic amines) is 2. The van der Waals surface area contributed by atoms with Crippen LogP contribution in [0.2, 0.25) is 0 Å². The molecule has 0 radical (unpaired) electrons. The summed E-state index contributed by atoms with van der Waals surface area (Å²) in [4.78, 5) is 20.6. The Morgan fingerprint density at radius 1 is 1.14 bits per heavy atom. The molecular formula is C21H34IN5O. The lowest BCUT2D eigenvalue weighted by molar-refractivity contribution is -0.123. The van der Waals surface area contributed by atoms with Crippen molar-refractivity contribution in [3.63, 3.8) is 0 Å². The quantitative estimate of drug-likeness (QED) is 0.371. The molecule has 0 spiro atoms. The van der Waals surface area contributed by atoms with Crippen molar-refractivity contribution < 1.29 is 4.79 Å². The third-order valence-corrected chi connectivity index (χ3v) is 5.71. The molecule has 6 nitrogen and oxygen atoms in total. The second kappa shape index (κ2) is 11.0. The van der Waals surface area contributed by atoms with Gasteiger partial charge in [0.25, 0.3) is 0 Å². The number of rotatable bonds is 5. The molecule has 0 saturated carbocycles. The van der Waals surface area contributed by atoms with Gasteiger partial charge in [0, 0.05) is 26.2 Å². The standard InChI is InChI=1S/C21H33N5O.HI/c1-16-5-3-10-26(13-16)21(23)24-12-17-6-2-7-18(11-17)14-25-9-4-8-19(15-25)20(22)27;/h2,6-7,11,16,19H,3-5,8-10,12-15H2,1H3,(H2,22,27)(H2,23,24);1H. The zero-order valence-corrected chi connectivity index (χ0v) is 19.2. The molecule has 2 aliphatic heterocycles. The molecule has 1 aromatic rings. The molecule has 2 saturated heterocycles. The lowest BCUT2D eigenvalue weighted by Gasteiger charge is -2.31. The lowest BCUT2D eigenvalue weighted by Crippen LogP contribution is -2.43. The summed E-state index contributed by atoms with van der Waals surface area (Å²) in [6, 6.07) is 8.51. The van der Waals surface area contributed by atoms with Gasteiger partial charge in [-0.3, -0.25) is 9.69 Å². The van der Waals surface area contributed by atoms with Crippen LogP contribution in [0.1, 0.15) is 43.7 Å². The molecule has 2 aliphatic rings. The predicted molar refractivity (Wildman–Crippen MR) is 124 cm³/mol. The second-order valence-electron chi connectivity index (χ2n) is 8.16. The summed E-state index contributed by atoms with van der Waals surface area (Å²) in [5.74, 6) is 1.15. The zero-order chi connectivity index (χ0) is 19.2. The van der Waals surface area contributed by atoms with E-state index in [0.717, 1.165) is 45.6 Å². The van der Waals surface area contributed by atoms with Gasteiger partial charge in [-0.1, -0.05) is 31.2 Å². The van der Waals surface area contributed by atoms with Crippen LogP contribution in [0.4, 0.5) is 0 Å². The largest absolute Gasteiger partial charge is 0.370 e. The number of nitrogens with two attached hydrogens (primary N) is 2. The first-order chi connectivity index (χ1) is 13.0. The van der Waals surface area contributed by atoms with Gasteiger partial charge >= 0.3 is 0 Å². The molecular weight excluding hydrogens is 465 g/mol. The predicted octanol–water partition coefficient (Wildman–Crippen LogP) is 2.55. The average molecular weight is 499 g/mol. The van der Waals surface area contributed by atoms with Crippen LogP contribution in [-0.2, 0) is 17.9 Å². The highest BCUT2D eigenvalue weighted by molar-refractivity contribution is 14.0. The summed E-state index contributed by atoms with van der Waals surface area (Å²) >= 11 is 0. The van der Waals surface area contributed by atoms with E-state index in [-0.39, 0.29) is 35.8 Å². The molecule has 0 bridgehead atoms. The number of piperidine rings is 2. The number of aliphatic imine (C=N–C) groups is 1. The SMILES string of the molecule is CC1CCCN(C(N)=NCc2cccc(CN3CCCC(C(N)=O)C3)c2)C1.I. The fraction of sp³-hybridized carbons (Fsp3) is 0.619. The van der Waals surface area contributed by atoms with E-state index in [2.05, 4.69) is 46.0 Å². The van der Waals surface area contributed by atoms with Gasteiger partial charge < -0.3 is 16.4 Å². The van der Waals surface area contributed by atoms with Crippen molar-refractivity contribution in [3.8, 4) is 0 Å². The van der Waals surface area contributed by atoms with Crippen LogP contribution in [0.3, 0.4) is 0 Å². The third-order valence-electron chi connectivity index (χ3n) is 5.71. The Morgan fingerprint density at radius 2 is 1.89 bits per heavy atom. The molecule has 2 fully saturated rings. The van der Waals surface area contributed by atoms with Crippen LogP contribution in [0.25, 0.3) is 0 Å². The highest BCUT2D eigenvalue weighted by Gasteiger charge is 2.23. The number of guanidine groups is 1. The van der Waals surface area contributed by atoms with Crippen molar-refractivity contribution in [3.05, 3.63) is 35.4 Å². The van der Waals surface area contributed by atoms with Crippen LogP contribution < -0.4 is 11.5 Å². The molecule has 1 aromatic carbocycles. The van der Waals surface area contributed by atoms with Crippen molar-refractivity contribution in [2.45, 2.75) is 45.7 Å². The molecule has 4 N–H and O–H groups in total. The minimum absolute atomic E-state index is 0. The molecule has 2 heterocycles. The van der Waals surface area contributed by atoms with Crippen LogP contribution in [-0.4, -0.2) is 47.8 Å². The molecule has 156 valence electrons. The molecule has 2 unspecified atom stereocenters. The van der Waals surface area contributed by atoms with E-state index in [1.807, 2.05) is 0 Å². The Kier molecular flexibility index (Phi) is 9.01. The van der Waals surface area contributed by atoms with E-state index in [0.29, 0.717) is 18.4 Å². The zero-order valence-electron chi connectivity index (χ0n) is 16.8. The minimum atomic E-state index is -0.176. The summed E-state index contributed by atoms with van der Waals surface area (Å²) in [6.45, 7) is 7.52. The normalized spacial score (nSPS) is 23.9. The number of amides is 1.